The van der Waals surface area contributed by atoms with Gasteiger partial charge in [-0.3, -0.25) is 4.79 Å². The molecule has 1 amide bonds. The molecular weight excluding hydrogens is 292 g/mol. The van der Waals surface area contributed by atoms with E-state index in [-0.39, 0.29) is 17.9 Å². The third-order valence-corrected chi connectivity index (χ3v) is 5.26. The number of carbonyl (C=O) groups excluding carboxylic acids is 1. The average molecular weight is 318 g/mol. The number of rotatable bonds is 6. The van der Waals surface area contributed by atoms with Gasteiger partial charge in [0.05, 0.1) is 12.6 Å². The molecule has 2 atom stereocenters. The van der Waals surface area contributed by atoms with Gasteiger partial charge in [0.1, 0.15) is 5.82 Å². The molecule has 0 radical (unpaired) electrons. The Bertz CT molecular complexity index is 577. The summed E-state index contributed by atoms with van der Waals surface area (Å²) in [5.74, 6) is 2.91. The molecule has 2 heterocycles. The topological polar surface area (TPSA) is 69.0 Å². The second-order valence-electron chi connectivity index (χ2n) is 7.19. The van der Waals surface area contributed by atoms with Crippen molar-refractivity contribution in [3.8, 4) is 0 Å². The molecule has 0 aromatic carbocycles. The molecule has 0 bridgehead atoms. The first-order valence-electron chi connectivity index (χ1n) is 9.09. The van der Waals surface area contributed by atoms with Gasteiger partial charge in [0.2, 0.25) is 5.91 Å². The zero-order valence-corrected chi connectivity index (χ0v) is 13.8. The van der Waals surface area contributed by atoms with Gasteiger partial charge in [-0.2, -0.15) is 0 Å². The van der Waals surface area contributed by atoms with Crippen LogP contribution in [-0.4, -0.2) is 33.4 Å². The third-order valence-electron chi connectivity index (χ3n) is 5.26. The molecule has 1 aromatic rings. The second-order valence-corrected chi connectivity index (χ2v) is 7.19. The summed E-state index contributed by atoms with van der Waals surface area (Å²) in [6, 6.07) is 0.569. The molecular formula is C17H26N4O2. The largest absolute Gasteiger partial charge is 0.378 e. The van der Waals surface area contributed by atoms with Gasteiger partial charge in [-0.1, -0.05) is 6.92 Å². The van der Waals surface area contributed by atoms with E-state index >= 15 is 0 Å². The van der Waals surface area contributed by atoms with Crippen LogP contribution in [0.2, 0.25) is 0 Å². The van der Waals surface area contributed by atoms with Crippen molar-refractivity contribution in [2.75, 3.05) is 6.61 Å². The molecule has 0 spiro atoms. The van der Waals surface area contributed by atoms with Crippen molar-refractivity contribution in [1.82, 2.24) is 20.1 Å². The predicted octanol–water partition coefficient (Wildman–Crippen LogP) is 2.31. The SMILES string of the molecule is CCC1CC(C(=O)NCc2nnc(C3CC3)n2C2CC2)CCO1. The fourth-order valence-corrected chi connectivity index (χ4v) is 3.52. The van der Waals surface area contributed by atoms with Crippen LogP contribution in [0.25, 0.3) is 0 Å². The predicted molar refractivity (Wildman–Crippen MR) is 84.9 cm³/mol. The van der Waals surface area contributed by atoms with E-state index in [1.807, 2.05) is 0 Å². The molecule has 4 rings (SSSR count). The van der Waals surface area contributed by atoms with E-state index in [1.54, 1.807) is 0 Å². The molecule has 6 nitrogen and oxygen atoms in total. The van der Waals surface area contributed by atoms with E-state index in [9.17, 15) is 4.79 Å². The fourth-order valence-electron chi connectivity index (χ4n) is 3.52. The van der Waals surface area contributed by atoms with Crippen molar-refractivity contribution in [1.29, 1.82) is 0 Å². The first-order chi connectivity index (χ1) is 11.3. The Morgan fingerprint density at radius 3 is 2.78 bits per heavy atom. The average Bonchev–Trinajstić information content (AvgIpc) is 3.51. The number of nitrogens with one attached hydrogen (secondary N) is 1. The summed E-state index contributed by atoms with van der Waals surface area (Å²) in [6.45, 7) is 3.31. The van der Waals surface area contributed by atoms with Gasteiger partial charge in [-0.25, -0.2) is 0 Å². The fraction of sp³-hybridized carbons (Fsp3) is 0.824. The number of nitrogens with zero attached hydrogens (tertiary/aromatic N) is 3. The highest BCUT2D eigenvalue weighted by Crippen LogP contribution is 2.44. The van der Waals surface area contributed by atoms with Crippen LogP contribution in [0.3, 0.4) is 0 Å². The minimum absolute atomic E-state index is 0.0777. The molecule has 1 saturated heterocycles. The molecule has 3 fully saturated rings. The Labute approximate surface area is 137 Å². The number of hydrogen-bond donors (Lipinski definition) is 1. The molecule has 1 aromatic heterocycles. The van der Waals surface area contributed by atoms with Crippen molar-refractivity contribution in [2.24, 2.45) is 5.92 Å². The minimum atomic E-state index is 0.0777. The summed E-state index contributed by atoms with van der Waals surface area (Å²) in [5, 5.41) is 11.8. The Balaban J connectivity index is 1.38. The first-order valence-corrected chi connectivity index (χ1v) is 9.09. The highest BCUT2D eigenvalue weighted by atomic mass is 16.5. The molecule has 23 heavy (non-hydrogen) atoms. The normalized spacial score (nSPS) is 27.9. The molecule has 1 aliphatic heterocycles. The van der Waals surface area contributed by atoms with Crippen LogP contribution in [0.15, 0.2) is 0 Å². The Hall–Kier alpha value is -1.43. The third kappa shape index (κ3) is 3.27. The number of aromatic nitrogens is 3. The summed E-state index contributed by atoms with van der Waals surface area (Å²) in [4.78, 5) is 12.5. The highest BCUT2D eigenvalue weighted by Gasteiger charge is 2.36. The summed E-state index contributed by atoms with van der Waals surface area (Å²) < 4.78 is 7.96. The quantitative estimate of drug-likeness (QED) is 0.874. The van der Waals surface area contributed by atoms with Crippen LogP contribution >= 0.6 is 0 Å². The lowest BCUT2D eigenvalue weighted by Gasteiger charge is -2.28. The molecule has 1 N–H and O–H groups in total. The van der Waals surface area contributed by atoms with Gasteiger partial charge < -0.3 is 14.6 Å². The van der Waals surface area contributed by atoms with Crippen molar-refractivity contribution in [2.45, 2.75) is 76.5 Å². The van der Waals surface area contributed by atoms with Gasteiger partial charge >= 0.3 is 0 Å². The number of carbonyl (C=O) groups is 1. The van der Waals surface area contributed by atoms with Crippen LogP contribution in [0, 0.1) is 5.92 Å². The van der Waals surface area contributed by atoms with E-state index in [2.05, 4.69) is 27.0 Å². The minimum Gasteiger partial charge on any atom is -0.378 e. The number of ether oxygens (including phenoxy) is 1. The lowest BCUT2D eigenvalue weighted by molar-refractivity contribution is -0.130. The van der Waals surface area contributed by atoms with E-state index in [0.29, 0.717) is 25.1 Å². The molecule has 3 aliphatic rings. The number of amides is 1. The summed E-state index contributed by atoms with van der Waals surface area (Å²) in [5.41, 5.74) is 0. The number of hydrogen-bond acceptors (Lipinski definition) is 4. The van der Waals surface area contributed by atoms with Crippen LogP contribution < -0.4 is 5.32 Å². The van der Waals surface area contributed by atoms with Gasteiger partial charge in [0.25, 0.3) is 0 Å². The lowest BCUT2D eigenvalue weighted by Crippen LogP contribution is -2.37. The Morgan fingerprint density at radius 1 is 1.26 bits per heavy atom. The van der Waals surface area contributed by atoms with Crippen molar-refractivity contribution in [3.05, 3.63) is 11.6 Å². The van der Waals surface area contributed by atoms with E-state index < -0.39 is 0 Å². The maximum absolute atomic E-state index is 12.5. The zero-order chi connectivity index (χ0) is 15.8. The van der Waals surface area contributed by atoms with Gasteiger partial charge in [0.15, 0.2) is 5.82 Å². The standard InChI is InChI=1S/C17H26N4O2/c1-2-14-9-12(7-8-23-14)17(22)18-10-15-19-20-16(11-3-4-11)21(15)13-5-6-13/h11-14H,2-10H2,1H3,(H,18,22). The smallest absolute Gasteiger partial charge is 0.223 e. The Morgan fingerprint density at radius 2 is 2.09 bits per heavy atom. The van der Waals surface area contributed by atoms with Crippen LogP contribution in [0.1, 0.15) is 75.5 Å². The van der Waals surface area contributed by atoms with Crippen LogP contribution in [0.5, 0.6) is 0 Å². The molecule has 6 heteroatoms. The zero-order valence-electron chi connectivity index (χ0n) is 13.8. The second kappa shape index (κ2) is 6.23. The van der Waals surface area contributed by atoms with Crippen molar-refractivity contribution < 1.29 is 9.53 Å². The first kappa shape index (κ1) is 15.1. The van der Waals surface area contributed by atoms with E-state index in [1.165, 1.54) is 25.7 Å². The summed E-state index contributed by atoms with van der Waals surface area (Å²) in [7, 11) is 0. The van der Waals surface area contributed by atoms with Gasteiger partial charge in [-0.05, 0) is 44.9 Å². The van der Waals surface area contributed by atoms with Gasteiger partial charge in [0, 0.05) is 24.5 Å². The molecule has 126 valence electrons. The van der Waals surface area contributed by atoms with Gasteiger partial charge in [-0.15, -0.1) is 10.2 Å². The monoisotopic (exact) mass is 318 g/mol. The van der Waals surface area contributed by atoms with Crippen molar-refractivity contribution in [3.63, 3.8) is 0 Å². The molecule has 2 aliphatic carbocycles. The van der Waals surface area contributed by atoms with Crippen LogP contribution in [0.4, 0.5) is 0 Å². The maximum atomic E-state index is 12.5. The summed E-state index contributed by atoms with van der Waals surface area (Å²) >= 11 is 0. The maximum Gasteiger partial charge on any atom is 0.223 e. The van der Waals surface area contributed by atoms with Crippen molar-refractivity contribution >= 4 is 5.91 Å². The highest BCUT2D eigenvalue weighted by molar-refractivity contribution is 5.78. The molecule has 2 unspecified atom stereocenters. The van der Waals surface area contributed by atoms with E-state index in [4.69, 9.17) is 4.74 Å². The van der Waals surface area contributed by atoms with E-state index in [0.717, 1.165) is 30.9 Å². The molecule has 2 saturated carbocycles. The summed E-state index contributed by atoms with van der Waals surface area (Å²) in [6.07, 6.45) is 7.78. The van der Waals surface area contributed by atoms with Crippen LogP contribution in [-0.2, 0) is 16.1 Å². The lowest BCUT2D eigenvalue weighted by atomic mass is 9.93. The Kier molecular flexibility index (Phi) is 4.09.